The van der Waals surface area contributed by atoms with E-state index >= 15 is 0 Å². The van der Waals surface area contributed by atoms with Crippen LogP contribution in [-0.2, 0) is 12.8 Å². The first-order chi connectivity index (χ1) is 12.3. The van der Waals surface area contributed by atoms with Crippen LogP contribution < -0.4 is 0 Å². The molecule has 0 aliphatic carbocycles. The van der Waals surface area contributed by atoms with Crippen LogP contribution in [0.25, 0.3) is 0 Å². The molecule has 0 radical (unpaired) electrons. The molecule has 0 spiro atoms. The highest BCUT2D eigenvalue weighted by Crippen LogP contribution is 2.34. The Labute approximate surface area is 157 Å². The molecule has 3 N–H and O–H groups in total. The van der Waals surface area contributed by atoms with E-state index in [-0.39, 0.29) is 30.1 Å². The van der Waals surface area contributed by atoms with Crippen molar-refractivity contribution in [2.24, 2.45) is 0 Å². The summed E-state index contributed by atoms with van der Waals surface area (Å²) in [5, 5.41) is 30.4. The van der Waals surface area contributed by atoms with Gasteiger partial charge in [0.1, 0.15) is 28.9 Å². The zero-order valence-corrected chi connectivity index (χ0v) is 15.1. The van der Waals surface area contributed by atoms with Gasteiger partial charge >= 0.3 is 0 Å². The molecule has 3 aromatic carbocycles. The molecule has 0 aliphatic rings. The van der Waals surface area contributed by atoms with Crippen molar-refractivity contribution < 1.29 is 24.1 Å². The van der Waals surface area contributed by atoms with E-state index in [1.807, 2.05) is 0 Å². The Balaban J connectivity index is 1.98. The molecule has 0 saturated heterocycles. The summed E-state index contributed by atoms with van der Waals surface area (Å²) in [5.74, 6) is -1.18. The third kappa shape index (κ3) is 3.96. The van der Waals surface area contributed by atoms with Crippen molar-refractivity contribution in [2.45, 2.75) is 12.8 Å². The number of halogens is 3. The van der Waals surface area contributed by atoms with E-state index in [0.29, 0.717) is 26.7 Å². The minimum Gasteiger partial charge on any atom is -0.508 e. The second kappa shape index (κ2) is 7.33. The van der Waals surface area contributed by atoms with Crippen molar-refractivity contribution in [3.05, 3.63) is 86.9 Å². The minimum absolute atomic E-state index is 0.0551. The van der Waals surface area contributed by atoms with Crippen LogP contribution >= 0.6 is 15.9 Å². The molecule has 0 amide bonds. The predicted molar refractivity (Wildman–Crippen MR) is 97.5 cm³/mol. The summed E-state index contributed by atoms with van der Waals surface area (Å²) in [5.41, 5.74) is 1.59. The Bertz CT molecular complexity index is 899. The molecular formula is C20H15BrF2O3. The summed E-state index contributed by atoms with van der Waals surface area (Å²) in [6, 6.07) is 10.5. The van der Waals surface area contributed by atoms with Gasteiger partial charge < -0.3 is 15.3 Å². The van der Waals surface area contributed by atoms with Crippen molar-refractivity contribution in [1.29, 1.82) is 0 Å². The number of rotatable bonds is 4. The SMILES string of the molecule is Oc1ccc(F)cc1Cc1cc(Br)cc(Cc2cc(F)ccc2O)c1O. The lowest BCUT2D eigenvalue weighted by atomic mass is 9.97. The van der Waals surface area contributed by atoms with E-state index in [2.05, 4.69) is 15.9 Å². The Morgan fingerprint density at radius 1 is 0.654 bits per heavy atom. The van der Waals surface area contributed by atoms with Gasteiger partial charge in [-0.25, -0.2) is 8.78 Å². The molecular weight excluding hydrogens is 406 g/mol. The van der Waals surface area contributed by atoms with Crippen LogP contribution in [0, 0.1) is 11.6 Å². The Morgan fingerprint density at radius 3 is 1.50 bits per heavy atom. The first kappa shape index (κ1) is 18.2. The van der Waals surface area contributed by atoms with Crippen LogP contribution in [0.15, 0.2) is 53.0 Å². The fraction of sp³-hybridized carbons (Fsp3) is 0.100. The standard InChI is InChI=1S/C20H15BrF2O3/c21-15-7-13(5-11-9-16(22)1-3-18(11)24)20(26)14(8-15)6-12-10-17(23)2-4-19(12)25/h1-4,7-10,24-26H,5-6H2. The van der Waals surface area contributed by atoms with Crippen LogP contribution in [0.1, 0.15) is 22.3 Å². The maximum Gasteiger partial charge on any atom is 0.123 e. The molecule has 134 valence electrons. The molecule has 3 aromatic rings. The molecule has 0 fully saturated rings. The molecule has 0 heterocycles. The first-order valence-electron chi connectivity index (χ1n) is 7.78. The Hall–Kier alpha value is -2.60. The maximum absolute atomic E-state index is 13.4. The van der Waals surface area contributed by atoms with Gasteiger partial charge in [-0.15, -0.1) is 0 Å². The largest absolute Gasteiger partial charge is 0.508 e. The number of phenols is 3. The lowest BCUT2D eigenvalue weighted by Crippen LogP contribution is -1.97. The predicted octanol–water partition coefficient (Wildman–Crippen LogP) is 5.03. The lowest BCUT2D eigenvalue weighted by Gasteiger charge is -2.13. The van der Waals surface area contributed by atoms with E-state index < -0.39 is 11.6 Å². The van der Waals surface area contributed by atoms with Gasteiger partial charge in [0.15, 0.2) is 0 Å². The third-order valence-corrected chi connectivity index (χ3v) is 4.54. The van der Waals surface area contributed by atoms with Gasteiger partial charge in [0, 0.05) is 28.4 Å². The van der Waals surface area contributed by atoms with Crippen LogP contribution in [0.2, 0.25) is 0 Å². The quantitative estimate of drug-likeness (QED) is 0.554. The second-order valence-corrected chi connectivity index (χ2v) is 6.89. The van der Waals surface area contributed by atoms with E-state index in [4.69, 9.17) is 0 Å². The highest BCUT2D eigenvalue weighted by Gasteiger charge is 2.14. The lowest BCUT2D eigenvalue weighted by molar-refractivity contribution is 0.455. The van der Waals surface area contributed by atoms with Gasteiger partial charge in [-0.3, -0.25) is 0 Å². The van der Waals surface area contributed by atoms with Gasteiger partial charge in [0.05, 0.1) is 0 Å². The Kier molecular flexibility index (Phi) is 5.13. The van der Waals surface area contributed by atoms with E-state index in [1.165, 1.54) is 24.3 Å². The molecule has 0 saturated carbocycles. The fourth-order valence-corrected chi connectivity index (χ4v) is 3.34. The maximum atomic E-state index is 13.4. The molecule has 26 heavy (non-hydrogen) atoms. The van der Waals surface area contributed by atoms with Crippen LogP contribution in [0.3, 0.4) is 0 Å². The average molecular weight is 421 g/mol. The number of benzene rings is 3. The summed E-state index contributed by atoms with van der Waals surface area (Å²) in [6.07, 6.45) is 0.216. The third-order valence-electron chi connectivity index (χ3n) is 4.08. The highest BCUT2D eigenvalue weighted by molar-refractivity contribution is 9.10. The van der Waals surface area contributed by atoms with Gasteiger partial charge in [0.2, 0.25) is 0 Å². The molecule has 3 rings (SSSR count). The zero-order valence-electron chi connectivity index (χ0n) is 13.5. The second-order valence-electron chi connectivity index (χ2n) is 5.97. The van der Waals surface area contributed by atoms with Gasteiger partial charge in [-0.1, -0.05) is 15.9 Å². The number of aromatic hydroxyl groups is 3. The van der Waals surface area contributed by atoms with Crippen molar-refractivity contribution in [2.75, 3.05) is 0 Å². The van der Waals surface area contributed by atoms with Gasteiger partial charge in [-0.2, -0.15) is 0 Å². The number of phenolic OH excluding ortho intramolecular Hbond substituents is 3. The van der Waals surface area contributed by atoms with E-state index in [0.717, 1.165) is 12.1 Å². The monoisotopic (exact) mass is 420 g/mol. The molecule has 6 heteroatoms. The average Bonchev–Trinajstić information content (AvgIpc) is 2.58. The first-order valence-corrected chi connectivity index (χ1v) is 8.58. The summed E-state index contributed by atoms with van der Waals surface area (Å²) in [7, 11) is 0. The van der Waals surface area contributed by atoms with E-state index in [9.17, 15) is 24.1 Å². The van der Waals surface area contributed by atoms with Crippen molar-refractivity contribution in [3.8, 4) is 17.2 Å². The summed E-state index contributed by atoms with van der Waals surface area (Å²) in [4.78, 5) is 0. The number of hydrogen-bond donors (Lipinski definition) is 3. The topological polar surface area (TPSA) is 60.7 Å². The van der Waals surface area contributed by atoms with Crippen molar-refractivity contribution >= 4 is 15.9 Å². The van der Waals surface area contributed by atoms with Gasteiger partial charge in [-0.05, 0) is 59.7 Å². The van der Waals surface area contributed by atoms with Gasteiger partial charge in [0.25, 0.3) is 0 Å². The molecule has 0 aliphatic heterocycles. The highest BCUT2D eigenvalue weighted by atomic mass is 79.9. The van der Waals surface area contributed by atoms with Crippen molar-refractivity contribution in [3.63, 3.8) is 0 Å². The van der Waals surface area contributed by atoms with Crippen LogP contribution in [0.5, 0.6) is 17.2 Å². The molecule has 3 nitrogen and oxygen atoms in total. The Morgan fingerprint density at radius 2 is 1.08 bits per heavy atom. The minimum atomic E-state index is -0.489. The van der Waals surface area contributed by atoms with Crippen molar-refractivity contribution in [1.82, 2.24) is 0 Å². The fourth-order valence-electron chi connectivity index (χ4n) is 2.79. The molecule has 0 bridgehead atoms. The smallest absolute Gasteiger partial charge is 0.123 e. The molecule has 0 atom stereocenters. The molecule has 0 unspecified atom stereocenters. The zero-order chi connectivity index (χ0) is 18.8. The summed E-state index contributed by atoms with van der Waals surface area (Å²) >= 11 is 3.36. The van der Waals surface area contributed by atoms with E-state index in [1.54, 1.807) is 12.1 Å². The summed E-state index contributed by atoms with van der Waals surface area (Å²) < 4.78 is 27.5. The number of hydrogen-bond acceptors (Lipinski definition) is 3. The van der Waals surface area contributed by atoms with Crippen LogP contribution in [-0.4, -0.2) is 15.3 Å². The normalized spacial score (nSPS) is 10.9. The summed E-state index contributed by atoms with van der Waals surface area (Å²) in [6.45, 7) is 0. The molecule has 0 aromatic heterocycles. The van der Waals surface area contributed by atoms with Crippen LogP contribution in [0.4, 0.5) is 8.78 Å².